The van der Waals surface area contributed by atoms with Crippen LogP contribution in [-0.2, 0) is 4.79 Å². The maximum atomic E-state index is 11.5. The zero-order chi connectivity index (χ0) is 12.1. The quantitative estimate of drug-likeness (QED) is 0.418. The lowest BCUT2D eigenvalue weighted by molar-refractivity contribution is -0.114. The van der Waals surface area contributed by atoms with Gasteiger partial charge in [0.25, 0.3) is 0 Å². The van der Waals surface area contributed by atoms with E-state index in [9.17, 15) is 4.79 Å². The number of anilines is 1. The molecule has 0 atom stereocenters. The van der Waals surface area contributed by atoms with Crippen LogP contribution in [0.3, 0.4) is 0 Å². The van der Waals surface area contributed by atoms with Gasteiger partial charge in [-0.25, -0.2) is 4.99 Å². The van der Waals surface area contributed by atoms with Gasteiger partial charge in [-0.05, 0) is 25.0 Å². The number of carbonyl (C=O) groups excluding carboxylic acids is 1. The van der Waals surface area contributed by atoms with Gasteiger partial charge in [0.15, 0.2) is 5.96 Å². The van der Waals surface area contributed by atoms with Crippen LogP contribution in [0.5, 0.6) is 0 Å². The highest BCUT2D eigenvalue weighted by Gasteiger charge is 2.21. The molecule has 1 saturated carbocycles. The molecule has 98 valence electrons. The normalized spacial score (nSPS) is 14.6. The number of rotatable bonds is 4. The SMILES string of the molecule is I.NC(=NCC(=O)Nc1cccnc1)NC1CC1. The van der Waals surface area contributed by atoms with E-state index in [-0.39, 0.29) is 36.4 Å². The molecule has 0 aromatic carbocycles. The molecule has 1 aliphatic rings. The smallest absolute Gasteiger partial charge is 0.246 e. The number of halogens is 1. The highest BCUT2D eigenvalue weighted by molar-refractivity contribution is 14.0. The maximum absolute atomic E-state index is 11.5. The lowest BCUT2D eigenvalue weighted by Crippen LogP contribution is -2.34. The minimum Gasteiger partial charge on any atom is -0.370 e. The van der Waals surface area contributed by atoms with E-state index in [0.29, 0.717) is 17.7 Å². The first-order chi connectivity index (χ1) is 8.24. The van der Waals surface area contributed by atoms with Gasteiger partial charge < -0.3 is 16.4 Å². The second-order valence-corrected chi connectivity index (χ2v) is 3.91. The van der Waals surface area contributed by atoms with E-state index < -0.39 is 0 Å². The molecule has 1 heterocycles. The summed E-state index contributed by atoms with van der Waals surface area (Å²) in [5, 5.41) is 5.68. The lowest BCUT2D eigenvalue weighted by atomic mass is 10.4. The Morgan fingerprint density at radius 1 is 1.56 bits per heavy atom. The average Bonchev–Trinajstić information content (AvgIpc) is 3.12. The molecule has 1 aliphatic carbocycles. The van der Waals surface area contributed by atoms with E-state index in [1.165, 1.54) is 0 Å². The molecule has 0 saturated heterocycles. The number of nitrogens with two attached hydrogens (primary N) is 1. The summed E-state index contributed by atoms with van der Waals surface area (Å²) in [4.78, 5) is 19.3. The van der Waals surface area contributed by atoms with Crippen LogP contribution in [-0.4, -0.2) is 29.4 Å². The molecule has 0 bridgehead atoms. The van der Waals surface area contributed by atoms with Crippen LogP contribution in [0.15, 0.2) is 29.5 Å². The number of aromatic nitrogens is 1. The number of guanidine groups is 1. The van der Waals surface area contributed by atoms with Gasteiger partial charge >= 0.3 is 0 Å². The van der Waals surface area contributed by atoms with Gasteiger partial charge in [-0.2, -0.15) is 0 Å². The Balaban J connectivity index is 0.00000162. The van der Waals surface area contributed by atoms with Crippen LogP contribution in [0, 0.1) is 0 Å². The number of aliphatic imine (C=N–C) groups is 1. The summed E-state index contributed by atoms with van der Waals surface area (Å²) >= 11 is 0. The topological polar surface area (TPSA) is 92.4 Å². The van der Waals surface area contributed by atoms with Crippen LogP contribution in [0.25, 0.3) is 0 Å². The standard InChI is InChI=1S/C11H15N5O.HI/c12-11(16-8-3-4-8)14-7-10(17)15-9-2-1-5-13-6-9;/h1-2,5-6,8H,3-4,7H2,(H,15,17)(H3,12,14,16);1H. The molecule has 1 amide bonds. The Hall–Kier alpha value is -1.38. The number of nitrogens with one attached hydrogen (secondary N) is 2. The van der Waals surface area contributed by atoms with E-state index in [4.69, 9.17) is 5.73 Å². The zero-order valence-electron chi connectivity index (χ0n) is 9.80. The van der Waals surface area contributed by atoms with Crippen molar-refractivity contribution >= 4 is 41.5 Å². The van der Waals surface area contributed by atoms with E-state index >= 15 is 0 Å². The first-order valence-electron chi connectivity index (χ1n) is 5.50. The number of carbonyl (C=O) groups is 1. The second kappa shape index (κ2) is 7.14. The fourth-order valence-electron chi connectivity index (χ4n) is 1.28. The molecule has 0 radical (unpaired) electrons. The molecule has 0 spiro atoms. The summed E-state index contributed by atoms with van der Waals surface area (Å²) < 4.78 is 0. The first kappa shape index (κ1) is 14.7. The van der Waals surface area contributed by atoms with Crippen molar-refractivity contribution in [1.29, 1.82) is 0 Å². The molecular weight excluding hydrogens is 345 g/mol. The van der Waals surface area contributed by atoms with E-state index in [2.05, 4.69) is 20.6 Å². The average molecular weight is 361 g/mol. The zero-order valence-corrected chi connectivity index (χ0v) is 12.1. The van der Waals surface area contributed by atoms with Gasteiger partial charge in [0.1, 0.15) is 6.54 Å². The Morgan fingerprint density at radius 2 is 2.33 bits per heavy atom. The van der Waals surface area contributed by atoms with Crippen molar-refractivity contribution in [2.24, 2.45) is 10.7 Å². The van der Waals surface area contributed by atoms with Crippen LogP contribution < -0.4 is 16.4 Å². The number of nitrogens with zero attached hydrogens (tertiary/aromatic N) is 2. The van der Waals surface area contributed by atoms with Crippen molar-refractivity contribution in [3.05, 3.63) is 24.5 Å². The number of hydrogen-bond donors (Lipinski definition) is 3. The van der Waals surface area contributed by atoms with Gasteiger partial charge in [-0.1, -0.05) is 0 Å². The summed E-state index contributed by atoms with van der Waals surface area (Å²) in [6, 6.07) is 3.96. The van der Waals surface area contributed by atoms with Crippen LogP contribution in [0.1, 0.15) is 12.8 Å². The highest BCUT2D eigenvalue weighted by Crippen LogP contribution is 2.17. The molecule has 18 heavy (non-hydrogen) atoms. The molecule has 7 heteroatoms. The largest absolute Gasteiger partial charge is 0.370 e. The minimum absolute atomic E-state index is 0. The number of pyridine rings is 1. The third-order valence-corrected chi connectivity index (χ3v) is 2.27. The van der Waals surface area contributed by atoms with Crippen molar-refractivity contribution in [2.75, 3.05) is 11.9 Å². The summed E-state index contributed by atoms with van der Waals surface area (Å²) in [7, 11) is 0. The predicted octanol–water partition coefficient (Wildman–Crippen LogP) is 0.705. The van der Waals surface area contributed by atoms with Gasteiger partial charge in [0.05, 0.1) is 11.9 Å². The summed E-state index contributed by atoms with van der Waals surface area (Å²) in [6.07, 6.45) is 5.47. The maximum Gasteiger partial charge on any atom is 0.246 e. The molecule has 6 nitrogen and oxygen atoms in total. The van der Waals surface area contributed by atoms with Crippen molar-refractivity contribution in [3.8, 4) is 0 Å². The van der Waals surface area contributed by atoms with E-state index in [1.54, 1.807) is 24.5 Å². The van der Waals surface area contributed by atoms with Crippen LogP contribution in [0.2, 0.25) is 0 Å². The highest BCUT2D eigenvalue weighted by atomic mass is 127. The Bertz CT molecular complexity index is 419. The monoisotopic (exact) mass is 361 g/mol. The fourth-order valence-corrected chi connectivity index (χ4v) is 1.28. The molecule has 0 unspecified atom stereocenters. The molecule has 1 aromatic heterocycles. The van der Waals surface area contributed by atoms with Crippen LogP contribution in [0.4, 0.5) is 5.69 Å². The van der Waals surface area contributed by atoms with Crippen molar-refractivity contribution in [1.82, 2.24) is 10.3 Å². The second-order valence-electron chi connectivity index (χ2n) is 3.91. The van der Waals surface area contributed by atoms with Gasteiger partial charge in [0, 0.05) is 12.2 Å². The van der Waals surface area contributed by atoms with Crippen LogP contribution >= 0.6 is 24.0 Å². The minimum atomic E-state index is -0.210. The first-order valence-corrected chi connectivity index (χ1v) is 5.50. The predicted molar refractivity (Wildman–Crippen MR) is 80.9 cm³/mol. The summed E-state index contributed by atoms with van der Waals surface area (Å²) in [6.45, 7) is 0.0143. The van der Waals surface area contributed by atoms with Gasteiger partial charge in [0.2, 0.25) is 5.91 Å². The van der Waals surface area contributed by atoms with Crippen molar-refractivity contribution < 1.29 is 4.79 Å². The van der Waals surface area contributed by atoms with E-state index in [1.807, 2.05) is 0 Å². The molecule has 4 N–H and O–H groups in total. The third kappa shape index (κ3) is 5.30. The van der Waals surface area contributed by atoms with E-state index in [0.717, 1.165) is 12.8 Å². The Labute approximate surface area is 122 Å². The number of amides is 1. The summed E-state index contributed by atoms with van der Waals surface area (Å²) in [5.41, 5.74) is 6.26. The van der Waals surface area contributed by atoms with Gasteiger partial charge in [-0.3, -0.25) is 9.78 Å². The Kier molecular flexibility index (Phi) is 5.83. The van der Waals surface area contributed by atoms with Crippen molar-refractivity contribution in [2.45, 2.75) is 18.9 Å². The molecule has 1 aromatic rings. The lowest BCUT2D eigenvalue weighted by Gasteiger charge is -2.04. The Morgan fingerprint density at radius 3 is 2.94 bits per heavy atom. The molecular formula is C11H16IN5O. The molecule has 2 rings (SSSR count). The van der Waals surface area contributed by atoms with Crippen molar-refractivity contribution in [3.63, 3.8) is 0 Å². The van der Waals surface area contributed by atoms with Gasteiger partial charge in [-0.15, -0.1) is 24.0 Å². The summed E-state index contributed by atoms with van der Waals surface area (Å²) in [5.74, 6) is 0.118. The number of hydrogen-bond acceptors (Lipinski definition) is 3. The fraction of sp³-hybridized carbons (Fsp3) is 0.364. The third-order valence-electron chi connectivity index (χ3n) is 2.27. The molecule has 0 aliphatic heterocycles. The molecule has 1 fully saturated rings.